The summed E-state index contributed by atoms with van der Waals surface area (Å²) in [6.45, 7) is 3.72. The number of hydrogen-bond acceptors (Lipinski definition) is 2. The summed E-state index contributed by atoms with van der Waals surface area (Å²) in [4.78, 5) is 0. The van der Waals surface area contributed by atoms with Gasteiger partial charge in [0.15, 0.2) is 0 Å². The minimum Gasteiger partial charge on any atom is -0.329 e. The summed E-state index contributed by atoms with van der Waals surface area (Å²) in [6, 6.07) is 8.42. The molecule has 84 valence electrons. The van der Waals surface area contributed by atoms with Gasteiger partial charge in [-0.2, -0.15) is 0 Å². The van der Waals surface area contributed by atoms with Crippen LogP contribution in [0, 0.1) is 0 Å². The highest BCUT2D eigenvalue weighted by atomic mass is 35.5. The minimum absolute atomic E-state index is 0.399. The molecule has 0 amide bonds. The van der Waals surface area contributed by atoms with Crippen LogP contribution in [0.3, 0.4) is 0 Å². The molecule has 0 bridgehead atoms. The Morgan fingerprint density at radius 3 is 2.53 bits per heavy atom. The van der Waals surface area contributed by atoms with Crippen LogP contribution in [0.2, 0.25) is 5.02 Å². The van der Waals surface area contributed by atoms with Crippen LogP contribution in [0.25, 0.3) is 0 Å². The van der Waals surface area contributed by atoms with Gasteiger partial charge >= 0.3 is 0 Å². The lowest BCUT2D eigenvalue weighted by Gasteiger charge is -2.18. The number of halogens is 1. The molecule has 0 heterocycles. The zero-order valence-electron chi connectivity index (χ0n) is 9.17. The Balaban J connectivity index is 2.65. The van der Waals surface area contributed by atoms with Gasteiger partial charge in [0.2, 0.25) is 0 Å². The van der Waals surface area contributed by atoms with E-state index in [1.165, 1.54) is 5.56 Å². The van der Waals surface area contributed by atoms with Crippen LogP contribution in [0.1, 0.15) is 31.4 Å². The number of nitrogens with one attached hydrogen (secondary N) is 1. The molecule has 0 aromatic heterocycles. The molecule has 0 aliphatic heterocycles. The Hall–Kier alpha value is -0.570. The van der Waals surface area contributed by atoms with Gasteiger partial charge in [0.25, 0.3) is 0 Å². The molecule has 3 N–H and O–H groups in total. The third-order valence-corrected chi connectivity index (χ3v) is 2.64. The van der Waals surface area contributed by atoms with E-state index in [-0.39, 0.29) is 0 Å². The fourth-order valence-corrected chi connectivity index (χ4v) is 1.75. The molecule has 15 heavy (non-hydrogen) atoms. The SMILES string of the molecule is CCCC(NCCN)c1ccc(Cl)cc1. The molecule has 3 heteroatoms. The normalized spacial score (nSPS) is 12.7. The number of rotatable bonds is 6. The van der Waals surface area contributed by atoms with Crippen molar-refractivity contribution in [2.45, 2.75) is 25.8 Å². The Morgan fingerprint density at radius 2 is 2.00 bits per heavy atom. The molecule has 2 nitrogen and oxygen atoms in total. The van der Waals surface area contributed by atoms with E-state index in [2.05, 4.69) is 24.4 Å². The van der Waals surface area contributed by atoms with Crippen molar-refractivity contribution in [2.24, 2.45) is 5.73 Å². The second-order valence-electron chi connectivity index (χ2n) is 3.64. The van der Waals surface area contributed by atoms with Crippen LogP contribution < -0.4 is 11.1 Å². The summed E-state index contributed by atoms with van der Waals surface area (Å²) in [5.41, 5.74) is 6.78. The third kappa shape index (κ3) is 4.20. The maximum atomic E-state index is 5.86. The van der Waals surface area contributed by atoms with Gasteiger partial charge in [-0.25, -0.2) is 0 Å². The van der Waals surface area contributed by atoms with Gasteiger partial charge in [-0.15, -0.1) is 0 Å². The van der Waals surface area contributed by atoms with Crippen molar-refractivity contribution < 1.29 is 0 Å². The fraction of sp³-hybridized carbons (Fsp3) is 0.500. The molecule has 0 aliphatic rings. The second-order valence-corrected chi connectivity index (χ2v) is 4.07. The maximum Gasteiger partial charge on any atom is 0.0406 e. The second kappa shape index (κ2) is 6.83. The van der Waals surface area contributed by atoms with E-state index in [0.717, 1.165) is 24.4 Å². The van der Waals surface area contributed by atoms with E-state index in [1.54, 1.807) is 0 Å². The van der Waals surface area contributed by atoms with Gasteiger partial charge in [0.1, 0.15) is 0 Å². The lowest BCUT2D eigenvalue weighted by Crippen LogP contribution is -2.27. The molecule has 0 saturated carbocycles. The summed E-state index contributed by atoms with van der Waals surface area (Å²) >= 11 is 5.86. The lowest BCUT2D eigenvalue weighted by atomic mass is 10.0. The summed E-state index contributed by atoms with van der Waals surface area (Å²) in [7, 11) is 0. The monoisotopic (exact) mass is 226 g/mol. The van der Waals surface area contributed by atoms with Crippen LogP contribution in [-0.2, 0) is 0 Å². The standard InChI is InChI=1S/C12H19ClN2/c1-2-3-12(15-9-8-14)10-4-6-11(13)7-5-10/h4-7,12,15H,2-3,8-9,14H2,1H3. The first-order valence-corrected chi connectivity index (χ1v) is 5.84. The topological polar surface area (TPSA) is 38.0 Å². The first-order valence-electron chi connectivity index (χ1n) is 5.46. The molecule has 1 aromatic rings. The van der Waals surface area contributed by atoms with Crippen LogP contribution in [0.4, 0.5) is 0 Å². The van der Waals surface area contributed by atoms with Crippen molar-refractivity contribution in [2.75, 3.05) is 13.1 Å². The zero-order valence-corrected chi connectivity index (χ0v) is 9.93. The van der Waals surface area contributed by atoms with Crippen molar-refractivity contribution in [3.05, 3.63) is 34.9 Å². The molecule has 1 unspecified atom stereocenters. The Labute approximate surface area is 96.8 Å². The Morgan fingerprint density at radius 1 is 1.33 bits per heavy atom. The molecular formula is C12H19ClN2. The Bertz CT molecular complexity index is 271. The van der Waals surface area contributed by atoms with E-state index in [0.29, 0.717) is 12.6 Å². The molecule has 0 fully saturated rings. The third-order valence-electron chi connectivity index (χ3n) is 2.38. The zero-order chi connectivity index (χ0) is 11.1. The average molecular weight is 227 g/mol. The largest absolute Gasteiger partial charge is 0.329 e. The van der Waals surface area contributed by atoms with Crippen LogP contribution in [0.5, 0.6) is 0 Å². The Kier molecular flexibility index (Phi) is 5.69. The van der Waals surface area contributed by atoms with Gasteiger partial charge < -0.3 is 11.1 Å². The molecule has 1 atom stereocenters. The van der Waals surface area contributed by atoms with Gasteiger partial charge in [0.05, 0.1) is 0 Å². The molecule has 1 aromatic carbocycles. The number of benzene rings is 1. The highest BCUT2D eigenvalue weighted by Crippen LogP contribution is 2.20. The summed E-state index contributed by atoms with van der Waals surface area (Å²) in [5.74, 6) is 0. The van der Waals surface area contributed by atoms with E-state index in [9.17, 15) is 0 Å². The highest BCUT2D eigenvalue weighted by molar-refractivity contribution is 6.30. The summed E-state index contributed by atoms with van der Waals surface area (Å²) < 4.78 is 0. The van der Waals surface area contributed by atoms with E-state index >= 15 is 0 Å². The first kappa shape index (κ1) is 12.5. The van der Waals surface area contributed by atoms with E-state index in [4.69, 9.17) is 17.3 Å². The van der Waals surface area contributed by atoms with Crippen molar-refractivity contribution >= 4 is 11.6 Å². The van der Waals surface area contributed by atoms with E-state index < -0.39 is 0 Å². The van der Waals surface area contributed by atoms with Crippen molar-refractivity contribution in [3.8, 4) is 0 Å². The molecule has 1 rings (SSSR count). The smallest absolute Gasteiger partial charge is 0.0406 e. The predicted octanol–water partition coefficient (Wildman–Crippen LogP) is 2.73. The van der Waals surface area contributed by atoms with Gasteiger partial charge in [-0.3, -0.25) is 0 Å². The van der Waals surface area contributed by atoms with E-state index in [1.807, 2.05) is 12.1 Å². The molecule has 0 saturated heterocycles. The molecular weight excluding hydrogens is 208 g/mol. The lowest BCUT2D eigenvalue weighted by molar-refractivity contribution is 0.501. The molecule has 0 radical (unpaired) electrons. The van der Waals surface area contributed by atoms with Crippen LogP contribution in [-0.4, -0.2) is 13.1 Å². The van der Waals surface area contributed by atoms with Crippen molar-refractivity contribution in [1.82, 2.24) is 5.32 Å². The van der Waals surface area contributed by atoms with Gasteiger partial charge in [-0.05, 0) is 24.1 Å². The molecule has 0 spiro atoms. The summed E-state index contributed by atoms with van der Waals surface area (Å²) in [5, 5.41) is 4.22. The maximum absolute atomic E-state index is 5.86. The first-order chi connectivity index (χ1) is 7.27. The van der Waals surface area contributed by atoms with Crippen molar-refractivity contribution in [1.29, 1.82) is 0 Å². The van der Waals surface area contributed by atoms with Crippen LogP contribution in [0.15, 0.2) is 24.3 Å². The van der Waals surface area contributed by atoms with Gasteiger partial charge in [-0.1, -0.05) is 37.1 Å². The minimum atomic E-state index is 0.399. The quantitative estimate of drug-likeness (QED) is 0.783. The number of hydrogen-bond donors (Lipinski definition) is 2. The molecule has 0 aliphatic carbocycles. The van der Waals surface area contributed by atoms with Crippen LogP contribution >= 0.6 is 11.6 Å². The fourth-order valence-electron chi connectivity index (χ4n) is 1.63. The summed E-state index contributed by atoms with van der Waals surface area (Å²) in [6.07, 6.45) is 2.28. The number of nitrogens with two attached hydrogens (primary N) is 1. The van der Waals surface area contributed by atoms with Crippen molar-refractivity contribution in [3.63, 3.8) is 0 Å². The highest BCUT2D eigenvalue weighted by Gasteiger charge is 2.08. The average Bonchev–Trinajstić information content (AvgIpc) is 2.25. The van der Waals surface area contributed by atoms with Gasteiger partial charge in [0, 0.05) is 24.2 Å². The predicted molar refractivity (Wildman–Crippen MR) is 66.2 cm³/mol.